The molecule has 2 fully saturated rings. The van der Waals surface area contributed by atoms with Gasteiger partial charge in [0.1, 0.15) is 5.82 Å². The molecule has 0 unspecified atom stereocenters. The van der Waals surface area contributed by atoms with Crippen LogP contribution in [0.2, 0.25) is 0 Å². The Balaban J connectivity index is 1.31. The number of anilines is 3. The van der Waals surface area contributed by atoms with Crippen molar-refractivity contribution in [1.82, 2.24) is 29.7 Å². The number of piperidine rings is 1. The van der Waals surface area contributed by atoms with Crippen molar-refractivity contribution in [2.24, 2.45) is 5.41 Å². The number of benzene rings is 1. The largest absolute Gasteiger partial charge is 0.368 e. The lowest BCUT2D eigenvalue weighted by Crippen LogP contribution is -2.50. The molecule has 8 nitrogen and oxygen atoms in total. The summed E-state index contributed by atoms with van der Waals surface area (Å²) in [5.74, 6) is 1.49. The molecule has 0 saturated carbocycles. The molecule has 0 atom stereocenters. The van der Waals surface area contributed by atoms with E-state index < -0.39 is 0 Å². The third kappa shape index (κ3) is 6.12. The molecular weight excluding hydrogens is 388 g/mol. The summed E-state index contributed by atoms with van der Waals surface area (Å²) in [6.45, 7) is 13.3. The molecule has 0 spiro atoms. The zero-order valence-electron chi connectivity index (χ0n) is 19.1. The molecule has 0 aliphatic carbocycles. The van der Waals surface area contributed by atoms with Gasteiger partial charge in [0.15, 0.2) is 0 Å². The minimum absolute atomic E-state index is 0.261. The van der Waals surface area contributed by atoms with Gasteiger partial charge in [-0.25, -0.2) is 0 Å². The maximum absolute atomic E-state index is 5.97. The molecule has 2 aliphatic heterocycles. The molecule has 31 heavy (non-hydrogen) atoms. The molecule has 168 valence electrons. The number of hydrogen-bond donors (Lipinski definition) is 2. The molecule has 0 bridgehead atoms. The Morgan fingerprint density at radius 2 is 1.61 bits per heavy atom. The van der Waals surface area contributed by atoms with Crippen molar-refractivity contribution >= 4 is 17.6 Å². The molecule has 0 amide bonds. The van der Waals surface area contributed by atoms with Crippen LogP contribution in [0, 0.1) is 12.3 Å². The quantitative estimate of drug-likeness (QED) is 0.731. The monoisotopic (exact) mass is 424 g/mol. The van der Waals surface area contributed by atoms with E-state index in [1.165, 1.54) is 51.1 Å². The van der Waals surface area contributed by atoms with Crippen molar-refractivity contribution in [3.05, 3.63) is 35.7 Å². The van der Waals surface area contributed by atoms with E-state index in [0.717, 1.165) is 24.6 Å². The van der Waals surface area contributed by atoms with E-state index in [4.69, 9.17) is 5.73 Å². The van der Waals surface area contributed by atoms with Crippen LogP contribution in [-0.4, -0.2) is 82.5 Å². The molecule has 0 radical (unpaired) electrons. The van der Waals surface area contributed by atoms with Crippen LogP contribution in [-0.2, 0) is 6.54 Å². The van der Waals surface area contributed by atoms with E-state index in [2.05, 4.69) is 68.0 Å². The number of rotatable bonds is 6. The third-order valence-electron chi connectivity index (χ3n) is 6.64. The Morgan fingerprint density at radius 1 is 0.935 bits per heavy atom. The van der Waals surface area contributed by atoms with Crippen molar-refractivity contribution in [2.75, 3.05) is 63.9 Å². The average molecular weight is 425 g/mol. The van der Waals surface area contributed by atoms with Crippen LogP contribution in [0.5, 0.6) is 0 Å². The van der Waals surface area contributed by atoms with E-state index >= 15 is 0 Å². The van der Waals surface area contributed by atoms with Gasteiger partial charge >= 0.3 is 0 Å². The molecular formula is C23H36N8. The zero-order valence-corrected chi connectivity index (χ0v) is 19.1. The lowest BCUT2D eigenvalue weighted by atomic mass is 9.79. The fourth-order valence-electron chi connectivity index (χ4n) is 4.49. The summed E-state index contributed by atoms with van der Waals surface area (Å²) in [6.07, 6.45) is 2.41. The highest BCUT2D eigenvalue weighted by Gasteiger charge is 2.32. The summed E-state index contributed by atoms with van der Waals surface area (Å²) in [4.78, 5) is 20.8. The highest BCUT2D eigenvalue weighted by molar-refractivity contribution is 5.54. The minimum Gasteiger partial charge on any atom is -0.368 e. The Labute approximate surface area is 185 Å². The first-order chi connectivity index (χ1) is 14.9. The summed E-state index contributed by atoms with van der Waals surface area (Å²) in [7, 11) is 2.22. The van der Waals surface area contributed by atoms with Gasteiger partial charge in [0.05, 0.1) is 6.54 Å². The van der Waals surface area contributed by atoms with Gasteiger partial charge in [0, 0.05) is 38.4 Å². The van der Waals surface area contributed by atoms with Gasteiger partial charge in [-0.3, -0.25) is 4.90 Å². The fourth-order valence-corrected chi connectivity index (χ4v) is 4.49. The highest BCUT2D eigenvalue weighted by atomic mass is 15.3. The normalized spacial score (nSPS) is 20.6. The van der Waals surface area contributed by atoms with E-state index in [0.29, 0.717) is 17.9 Å². The zero-order chi connectivity index (χ0) is 21.8. The number of piperazine rings is 1. The number of hydrogen-bond acceptors (Lipinski definition) is 8. The smallest absolute Gasteiger partial charge is 0.232 e. The maximum Gasteiger partial charge on any atom is 0.232 e. The predicted molar refractivity (Wildman–Crippen MR) is 125 cm³/mol. The number of nitrogens with zero attached hydrogens (tertiary/aromatic N) is 6. The van der Waals surface area contributed by atoms with Crippen molar-refractivity contribution in [3.8, 4) is 0 Å². The van der Waals surface area contributed by atoms with Gasteiger partial charge in [0.2, 0.25) is 11.9 Å². The van der Waals surface area contributed by atoms with Gasteiger partial charge in [-0.05, 0) is 57.5 Å². The van der Waals surface area contributed by atoms with Crippen LogP contribution in [0.15, 0.2) is 24.3 Å². The molecule has 2 saturated heterocycles. The van der Waals surface area contributed by atoms with Crippen LogP contribution in [0.25, 0.3) is 0 Å². The topological polar surface area (TPSA) is 86.4 Å². The Bertz CT molecular complexity index is 852. The van der Waals surface area contributed by atoms with Crippen molar-refractivity contribution in [2.45, 2.75) is 33.2 Å². The Kier molecular flexibility index (Phi) is 6.69. The standard InChI is InChI=1S/C23H36N8/c1-18-4-6-19(7-5-18)25-22-27-20(26-21(24)28-22)16-30-10-8-23(2,9-11-30)17-31-14-12-29(3)13-15-31/h4-7H,8-17H2,1-3H3,(H3,24,25,26,27,28). The number of aryl methyl sites for hydroxylation is 1. The van der Waals surface area contributed by atoms with Crippen LogP contribution >= 0.6 is 0 Å². The van der Waals surface area contributed by atoms with Gasteiger partial charge in [-0.2, -0.15) is 15.0 Å². The second-order valence-electron chi connectivity index (χ2n) is 9.59. The minimum atomic E-state index is 0.261. The second kappa shape index (κ2) is 9.46. The lowest BCUT2D eigenvalue weighted by molar-refractivity contribution is 0.0511. The van der Waals surface area contributed by atoms with Crippen molar-refractivity contribution in [1.29, 1.82) is 0 Å². The molecule has 1 aromatic heterocycles. The van der Waals surface area contributed by atoms with Gasteiger partial charge < -0.3 is 20.9 Å². The fraction of sp³-hybridized carbons (Fsp3) is 0.609. The van der Waals surface area contributed by atoms with Crippen LogP contribution in [0.4, 0.5) is 17.6 Å². The summed E-state index contributed by atoms with van der Waals surface area (Å²) in [6, 6.07) is 8.14. The Hall–Kier alpha value is -2.29. The highest BCUT2D eigenvalue weighted by Crippen LogP contribution is 2.32. The third-order valence-corrected chi connectivity index (χ3v) is 6.64. The summed E-state index contributed by atoms with van der Waals surface area (Å²) < 4.78 is 0. The van der Waals surface area contributed by atoms with Crippen molar-refractivity contribution < 1.29 is 0 Å². The first kappa shape index (κ1) is 21.9. The van der Waals surface area contributed by atoms with E-state index in [9.17, 15) is 0 Å². The summed E-state index contributed by atoms with van der Waals surface area (Å²) >= 11 is 0. The average Bonchev–Trinajstić information content (AvgIpc) is 2.73. The maximum atomic E-state index is 5.97. The van der Waals surface area contributed by atoms with E-state index in [-0.39, 0.29) is 5.95 Å². The number of nitrogens with two attached hydrogens (primary N) is 1. The van der Waals surface area contributed by atoms with Gasteiger partial charge in [-0.1, -0.05) is 24.6 Å². The second-order valence-corrected chi connectivity index (χ2v) is 9.59. The summed E-state index contributed by atoms with van der Waals surface area (Å²) in [5.41, 5.74) is 8.52. The number of aromatic nitrogens is 3. The molecule has 1 aromatic carbocycles. The molecule has 4 rings (SSSR count). The van der Waals surface area contributed by atoms with Gasteiger partial charge in [-0.15, -0.1) is 0 Å². The molecule has 2 aliphatic rings. The number of likely N-dealkylation sites (tertiary alicyclic amines) is 1. The van der Waals surface area contributed by atoms with E-state index in [1.807, 2.05) is 12.1 Å². The SMILES string of the molecule is Cc1ccc(Nc2nc(N)nc(CN3CCC(C)(CN4CCN(C)CC4)CC3)n2)cc1. The molecule has 2 aromatic rings. The lowest BCUT2D eigenvalue weighted by Gasteiger charge is -2.43. The van der Waals surface area contributed by atoms with Crippen molar-refractivity contribution in [3.63, 3.8) is 0 Å². The van der Waals surface area contributed by atoms with Crippen LogP contribution in [0.1, 0.15) is 31.2 Å². The predicted octanol–water partition coefficient (Wildman–Crippen LogP) is 2.36. The summed E-state index contributed by atoms with van der Waals surface area (Å²) in [5, 5.41) is 3.24. The van der Waals surface area contributed by atoms with E-state index in [1.54, 1.807) is 0 Å². The van der Waals surface area contributed by atoms with Crippen LogP contribution < -0.4 is 11.1 Å². The molecule has 8 heteroatoms. The van der Waals surface area contributed by atoms with Crippen LogP contribution in [0.3, 0.4) is 0 Å². The van der Waals surface area contributed by atoms with Gasteiger partial charge in [0.25, 0.3) is 0 Å². The molecule has 3 N–H and O–H groups in total. The Morgan fingerprint density at radius 3 is 2.29 bits per heavy atom. The number of nitrogen functional groups attached to an aromatic ring is 1. The first-order valence-corrected chi connectivity index (χ1v) is 11.3. The molecule has 3 heterocycles. The number of nitrogens with one attached hydrogen (secondary N) is 1. The first-order valence-electron chi connectivity index (χ1n) is 11.3. The number of likely N-dealkylation sites (N-methyl/N-ethyl adjacent to an activating group) is 1.